The van der Waals surface area contributed by atoms with Crippen LogP contribution in [0.4, 0.5) is 0 Å². The SMILES string of the molecule is Cc1nn(-c2cccc(Cl)c2)c(Cl)c1C=Nn1cnnc1. The van der Waals surface area contributed by atoms with Gasteiger partial charge < -0.3 is 0 Å². The van der Waals surface area contributed by atoms with Crippen LogP contribution in [0.5, 0.6) is 0 Å². The van der Waals surface area contributed by atoms with Crippen molar-refractivity contribution < 1.29 is 0 Å². The molecule has 0 aliphatic carbocycles. The van der Waals surface area contributed by atoms with Crippen molar-refractivity contribution in [1.29, 1.82) is 0 Å². The summed E-state index contributed by atoms with van der Waals surface area (Å²) in [6.07, 6.45) is 4.59. The highest BCUT2D eigenvalue weighted by atomic mass is 35.5. The summed E-state index contributed by atoms with van der Waals surface area (Å²) in [5.74, 6) is 0. The number of hydrogen-bond acceptors (Lipinski definition) is 4. The van der Waals surface area contributed by atoms with Crippen LogP contribution in [0.1, 0.15) is 11.3 Å². The van der Waals surface area contributed by atoms with Gasteiger partial charge in [-0.3, -0.25) is 0 Å². The second kappa shape index (κ2) is 5.67. The molecule has 3 aromatic rings. The van der Waals surface area contributed by atoms with Gasteiger partial charge in [-0.1, -0.05) is 29.3 Å². The maximum atomic E-state index is 6.38. The van der Waals surface area contributed by atoms with Crippen molar-refractivity contribution in [3.05, 3.63) is 58.4 Å². The molecule has 0 aliphatic heterocycles. The molecular formula is C13H10Cl2N6. The third kappa shape index (κ3) is 2.81. The van der Waals surface area contributed by atoms with Crippen LogP contribution in [0.15, 0.2) is 42.0 Å². The van der Waals surface area contributed by atoms with E-state index in [-0.39, 0.29) is 0 Å². The van der Waals surface area contributed by atoms with Crippen molar-refractivity contribution in [1.82, 2.24) is 24.7 Å². The molecule has 0 unspecified atom stereocenters. The summed E-state index contributed by atoms with van der Waals surface area (Å²) in [6, 6.07) is 7.31. The Morgan fingerprint density at radius 1 is 1.19 bits per heavy atom. The second-order valence-electron chi connectivity index (χ2n) is 4.27. The fourth-order valence-corrected chi connectivity index (χ4v) is 2.32. The molecule has 0 saturated carbocycles. The quantitative estimate of drug-likeness (QED) is 0.697. The molecule has 2 heterocycles. The molecule has 0 aliphatic rings. The zero-order valence-electron chi connectivity index (χ0n) is 11.0. The van der Waals surface area contributed by atoms with Crippen molar-refractivity contribution in [2.45, 2.75) is 6.92 Å². The van der Waals surface area contributed by atoms with Gasteiger partial charge >= 0.3 is 0 Å². The van der Waals surface area contributed by atoms with Crippen LogP contribution in [0.2, 0.25) is 10.2 Å². The average molecular weight is 321 g/mol. The van der Waals surface area contributed by atoms with E-state index in [0.717, 1.165) is 16.9 Å². The number of aryl methyl sites for hydroxylation is 1. The molecule has 0 fully saturated rings. The molecule has 3 rings (SSSR count). The summed E-state index contributed by atoms with van der Waals surface area (Å²) in [5, 5.41) is 17.0. The Balaban J connectivity index is 2.00. The lowest BCUT2D eigenvalue weighted by atomic mass is 10.3. The van der Waals surface area contributed by atoms with Crippen molar-refractivity contribution in [2.24, 2.45) is 5.10 Å². The Morgan fingerprint density at radius 2 is 1.95 bits per heavy atom. The van der Waals surface area contributed by atoms with Gasteiger partial charge in [0.15, 0.2) is 0 Å². The summed E-state index contributed by atoms with van der Waals surface area (Å²) < 4.78 is 3.10. The lowest BCUT2D eigenvalue weighted by molar-refractivity contribution is 0.863. The van der Waals surface area contributed by atoms with Gasteiger partial charge in [-0.15, -0.1) is 10.2 Å². The largest absolute Gasteiger partial charge is 0.221 e. The number of benzene rings is 1. The first-order valence-electron chi connectivity index (χ1n) is 6.05. The highest BCUT2D eigenvalue weighted by molar-refractivity contribution is 6.32. The predicted octanol–water partition coefficient (Wildman–Crippen LogP) is 2.96. The Bertz CT molecular complexity index is 791. The maximum Gasteiger partial charge on any atom is 0.142 e. The fourth-order valence-electron chi connectivity index (χ4n) is 1.82. The molecule has 0 N–H and O–H groups in total. The second-order valence-corrected chi connectivity index (χ2v) is 5.06. The zero-order valence-corrected chi connectivity index (χ0v) is 12.5. The smallest absolute Gasteiger partial charge is 0.142 e. The van der Waals surface area contributed by atoms with Crippen molar-refractivity contribution >= 4 is 29.4 Å². The molecule has 0 saturated heterocycles. The fraction of sp³-hybridized carbons (Fsp3) is 0.0769. The molecular weight excluding hydrogens is 311 g/mol. The van der Waals surface area contributed by atoms with Gasteiger partial charge in [-0.05, 0) is 25.1 Å². The lowest BCUT2D eigenvalue weighted by Gasteiger charge is -2.03. The van der Waals surface area contributed by atoms with Crippen LogP contribution in [-0.2, 0) is 0 Å². The van der Waals surface area contributed by atoms with Crippen LogP contribution in [0.25, 0.3) is 5.69 Å². The Hall–Kier alpha value is -2.18. The van der Waals surface area contributed by atoms with Gasteiger partial charge in [0.05, 0.1) is 23.2 Å². The molecule has 0 radical (unpaired) electrons. The van der Waals surface area contributed by atoms with E-state index in [0.29, 0.717) is 10.2 Å². The molecule has 0 atom stereocenters. The Labute approximate surface area is 130 Å². The van der Waals surface area contributed by atoms with E-state index in [1.54, 1.807) is 23.0 Å². The first-order valence-corrected chi connectivity index (χ1v) is 6.81. The Kier molecular flexibility index (Phi) is 3.72. The van der Waals surface area contributed by atoms with Gasteiger partial charge in [0.1, 0.15) is 17.8 Å². The molecule has 106 valence electrons. The minimum Gasteiger partial charge on any atom is -0.221 e. The molecule has 0 spiro atoms. The maximum absolute atomic E-state index is 6.38. The highest BCUT2D eigenvalue weighted by Gasteiger charge is 2.13. The van der Waals surface area contributed by atoms with E-state index in [9.17, 15) is 0 Å². The minimum atomic E-state index is 0.464. The Morgan fingerprint density at radius 3 is 2.67 bits per heavy atom. The summed E-state index contributed by atoms with van der Waals surface area (Å²) in [7, 11) is 0. The average Bonchev–Trinajstić information content (AvgIpc) is 3.06. The van der Waals surface area contributed by atoms with Crippen LogP contribution < -0.4 is 0 Å². The minimum absolute atomic E-state index is 0.464. The monoisotopic (exact) mass is 320 g/mol. The molecule has 2 aromatic heterocycles. The van der Waals surface area contributed by atoms with E-state index in [1.807, 2.05) is 19.1 Å². The van der Waals surface area contributed by atoms with Crippen LogP contribution in [-0.4, -0.2) is 30.9 Å². The lowest BCUT2D eigenvalue weighted by Crippen LogP contribution is -1.96. The third-order valence-electron chi connectivity index (χ3n) is 2.83. The van der Waals surface area contributed by atoms with E-state index in [2.05, 4.69) is 20.4 Å². The number of halogens is 2. The van der Waals surface area contributed by atoms with Crippen LogP contribution in [0.3, 0.4) is 0 Å². The van der Waals surface area contributed by atoms with Crippen molar-refractivity contribution in [2.75, 3.05) is 0 Å². The van der Waals surface area contributed by atoms with Gasteiger partial charge in [0.2, 0.25) is 0 Å². The van der Waals surface area contributed by atoms with E-state index in [1.165, 1.54) is 17.3 Å². The van der Waals surface area contributed by atoms with E-state index >= 15 is 0 Å². The normalized spacial score (nSPS) is 11.4. The molecule has 6 nitrogen and oxygen atoms in total. The summed E-state index contributed by atoms with van der Waals surface area (Å²) >= 11 is 12.4. The van der Waals surface area contributed by atoms with Gasteiger partial charge in [-0.2, -0.15) is 10.2 Å². The number of hydrogen-bond donors (Lipinski definition) is 0. The number of rotatable bonds is 3. The number of nitrogens with zero attached hydrogens (tertiary/aromatic N) is 6. The summed E-state index contributed by atoms with van der Waals surface area (Å²) in [4.78, 5) is 0. The first kappa shape index (κ1) is 13.8. The van der Waals surface area contributed by atoms with Gasteiger partial charge in [0, 0.05) is 5.02 Å². The van der Waals surface area contributed by atoms with E-state index in [4.69, 9.17) is 23.2 Å². The van der Waals surface area contributed by atoms with E-state index < -0.39 is 0 Å². The molecule has 1 aromatic carbocycles. The zero-order chi connectivity index (χ0) is 14.8. The van der Waals surface area contributed by atoms with Crippen molar-refractivity contribution in [3.8, 4) is 5.69 Å². The number of aromatic nitrogens is 5. The summed E-state index contributed by atoms with van der Waals surface area (Å²) in [6.45, 7) is 1.86. The van der Waals surface area contributed by atoms with Crippen LogP contribution >= 0.6 is 23.2 Å². The molecule has 0 bridgehead atoms. The topological polar surface area (TPSA) is 60.9 Å². The predicted molar refractivity (Wildman–Crippen MR) is 81.3 cm³/mol. The van der Waals surface area contributed by atoms with Gasteiger partial charge in [0.25, 0.3) is 0 Å². The van der Waals surface area contributed by atoms with Crippen molar-refractivity contribution in [3.63, 3.8) is 0 Å². The molecule has 8 heteroatoms. The standard InChI is InChI=1S/C13H10Cl2N6/c1-9-12(6-18-20-7-16-17-8-20)13(15)21(19-9)11-4-2-3-10(14)5-11/h2-8H,1H3. The molecule has 21 heavy (non-hydrogen) atoms. The summed E-state index contributed by atoms with van der Waals surface area (Å²) in [5.41, 5.74) is 2.28. The first-order chi connectivity index (χ1) is 10.1. The van der Waals surface area contributed by atoms with Crippen LogP contribution in [0, 0.1) is 6.92 Å². The molecule has 0 amide bonds. The van der Waals surface area contributed by atoms with Gasteiger partial charge in [-0.25, -0.2) is 9.36 Å². The third-order valence-corrected chi connectivity index (χ3v) is 3.43. The highest BCUT2D eigenvalue weighted by Crippen LogP contribution is 2.23.